The van der Waals surface area contributed by atoms with E-state index in [9.17, 15) is 23.3 Å². The highest BCUT2D eigenvalue weighted by molar-refractivity contribution is 6.74. The highest BCUT2D eigenvalue weighted by Crippen LogP contribution is 2.42. The minimum atomic E-state index is -4.99. The number of hydrogen-bond acceptors (Lipinski definition) is 3. The average molecular weight is 377 g/mol. The van der Waals surface area contributed by atoms with Crippen LogP contribution in [0.4, 0.5) is 13.2 Å². The third kappa shape index (κ3) is 5.28. The summed E-state index contributed by atoms with van der Waals surface area (Å²) in [7, 11) is -2.66. The van der Waals surface area contributed by atoms with Crippen LogP contribution in [-0.4, -0.2) is 31.6 Å². The summed E-state index contributed by atoms with van der Waals surface area (Å²) in [6, 6.07) is 5.71. The number of nitro groups is 1. The summed E-state index contributed by atoms with van der Waals surface area (Å²) in [5.41, 5.74) is 0.585. The Labute approximate surface area is 147 Å². The van der Waals surface area contributed by atoms with Gasteiger partial charge in [-0.15, -0.1) is 0 Å². The molecule has 0 N–H and O–H groups in total. The zero-order chi connectivity index (χ0) is 19.6. The summed E-state index contributed by atoms with van der Waals surface area (Å²) >= 11 is 0. The smallest absolute Gasteiger partial charge is 0.406 e. The summed E-state index contributed by atoms with van der Waals surface area (Å²) < 4.78 is 46.3. The van der Waals surface area contributed by atoms with E-state index in [0.29, 0.717) is 5.56 Å². The van der Waals surface area contributed by atoms with E-state index in [0.717, 1.165) is 0 Å². The first-order valence-corrected chi connectivity index (χ1v) is 11.0. The first kappa shape index (κ1) is 21.6. The largest absolute Gasteiger partial charge is 0.460 e. The number of alkyl halides is 3. The molecule has 0 fully saturated rings. The van der Waals surface area contributed by atoms with Crippen molar-refractivity contribution in [2.24, 2.45) is 0 Å². The highest BCUT2D eigenvalue weighted by atomic mass is 28.4. The van der Waals surface area contributed by atoms with Crippen molar-refractivity contribution < 1.29 is 22.5 Å². The second-order valence-corrected chi connectivity index (χ2v) is 12.6. The van der Waals surface area contributed by atoms with E-state index in [-0.39, 0.29) is 5.04 Å². The molecule has 1 aromatic carbocycles. The summed E-state index contributed by atoms with van der Waals surface area (Å²) in [5, 5.41) is 10.9. The van der Waals surface area contributed by atoms with E-state index in [1.54, 1.807) is 50.3 Å². The van der Waals surface area contributed by atoms with Gasteiger partial charge in [-0.05, 0) is 23.7 Å². The molecule has 1 rings (SSSR count). The van der Waals surface area contributed by atoms with Crippen LogP contribution < -0.4 is 0 Å². The van der Waals surface area contributed by atoms with Gasteiger partial charge in [-0.1, -0.05) is 58.0 Å². The van der Waals surface area contributed by atoms with Crippen LogP contribution in [0.1, 0.15) is 39.2 Å². The number of benzene rings is 1. The van der Waals surface area contributed by atoms with Gasteiger partial charge in [-0.2, -0.15) is 13.2 Å². The normalized spacial score (nSPS) is 17.0. The SMILES string of the molecule is CC(c1ccccc1)[C@@H](O[Si](C)(C)C(C)(C)C)[C@H]([N+](=O)[O-])C(F)(F)F. The fourth-order valence-corrected chi connectivity index (χ4v) is 3.70. The standard InChI is InChI=1S/C17H26F3NO3Si/c1-12(13-10-8-7-9-11-13)14(15(21(22)23)17(18,19)20)24-25(5,6)16(2,3)4/h7-12,14-15H,1-6H3/t12?,14-,15+/m1/s1. The molecule has 3 atom stereocenters. The molecule has 142 valence electrons. The van der Waals surface area contributed by atoms with Crippen molar-refractivity contribution in [2.45, 2.75) is 70.1 Å². The predicted molar refractivity (Wildman–Crippen MR) is 93.8 cm³/mol. The van der Waals surface area contributed by atoms with Gasteiger partial charge in [0.1, 0.15) is 6.10 Å². The Balaban J connectivity index is 3.38. The van der Waals surface area contributed by atoms with Crippen molar-refractivity contribution in [1.29, 1.82) is 0 Å². The van der Waals surface area contributed by atoms with Gasteiger partial charge in [0.25, 0.3) is 0 Å². The molecule has 0 aromatic heterocycles. The van der Waals surface area contributed by atoms with Crippen LogP contribution in [0, 0.1) is 10.1 Å². The van der Waals surface area contributed by atoms with Gasteiger partial charge in [-0.25, -0.2) is 0 Å². The Morgan fingerprint density at radius 2 is 1.60 bits per heavy atom. The molecule has 8 heteroatoms. The number of halogens is 3. The molecule has 1 aromatic rings. The maximum Gasteiger partial charge on any atom is 0.460 e. The number of rotatable bonds is 6. The van der Waals surface area contributed by atoms with Crippen LogP contribution in [0.3, 0.4) is 0 Å². The zero-order valence-corrected chi connectivity index (χ0v) is 16.4. The maximum atomic E-state index is 13.5. The third-order valence-corrected chi connectivity index (χ3v) is 9.40. The van der Waals surface area contributed by atoms with Crippen molar-refractivity contribution in [3.05, 3.63) is 46.0 Å². The molecule has 1 unspecified atom stereocenters. The van der Waals surface area contributed by atoms with E-state index in [1.165, 1.54) is 0 Å². The van der Waals surface area contributed by atoms with E-state index >= 15 is 0 Å². The second-order valence-electron chi connectivity index (χ2n) is 7.81. The minimum absolute atomic E-state index is 0.367. The Kier molecular flexibility index (Phi) is 6.45. The lowest BCUT2D eigenvalue weighted by molar-refractivity contribution is -0.574. The van der Waals surface area contributed by atoms with Crippen LogP contribution >= 0.6 is 0 Å². The number of hydrogen-bond donors (Lipinski definition) is 0. The lowest BCUT2D eigenvalue weighted by Crippen LogP contribution is -2.55. The van der Waals surface area contributed by atoms with E-state index in [4.69, 9.17) is 4.43 Å². The van der Waals surface area contributed by atoms with Crippen LogP contribution in [-0.2, 0) is 4.43 Å². The molecule has 0 amide bonds. The lowest BCUT2D eigenvalue weighted by atomic mass is 9.91. The predicted octanol–water partition coefficient (Wildman–Crippen LogP) is 5.39. The topological polar surface area (TPSA) is 52.4 Å². The van der Waals surface area contributed by atoms with Crippen LogP contribution in [0.2, 0.25) is 18.1 Å². The molecule has 0 spiro atoms. The Morgan fingerprint density at radius 1 is 1.12 bits per heavy atom. The average Bonchev–Trinajstić information content (AvgIpc) is 2.43. The first-order chi connectivity index (χ1) is 11.2. The minimum Gasteiger partial charge on any atom is -0.406 e. The third-order valence-electron chi connectivity index (χ3n) is 4.93. The molecule has 0 bridgehead atoms. The van der Waals surface area contributed by atoms with Gasteiger partial charge < -0.3 is 4.43 Å². The molecule has 0 aliphatic rings. The second kappa shape index (κ2) is 7.45. The fraction of sp³-hybridized carbons (Fsp3) is 0.647. The molecule has 0 heterocycles. The van der Waals surface area contributed by atoms with Crippen molar-refractivity contribution in [1.82, 2.24) is 0 Å². The van der Waals surface area contributed by atoms with E-state index in [2.05, 4.69) is 0 Å². The molecule has 4 nitrogen and oxygen atoms in total. The van der Waals surface area contributed by atoms with Crippen LogP contribution in [0.15, 0.2) is 30.3 Å². The number of nitrogens with zero attached hydrogens (tertiary/aromatic N) is 1. The molecule has 0 saturated heterocycles. The Bertz CT molecular complexity index is 585. The van der Waals surface area contributed by atoms with E-state index in [1.807, 2.05) is 20.8 Å². The van der Waals surface area contributed by atoms with Gasteiger partial charge in [0.2, 0.25) is 0 Å². The molecule has 25 heavy (non-hydrogen) atoms. The Morgan fingerprint density at radius 3 is 1.96 bits per heavy atom. The van der Waals surface area contributed by atoms with Crippen molar-refractivity contribution in [2.75, 3.05) is 0 Å². The molecule has 0 aliphatic heterocycles. The molecule has 0 aliphatic carbocycles. The van der Waals surface area contributed by atoms with Crippen molar-refractivity contribution in [3.63, 3.8) is 0 Å². The van der Waals surface area contributed by atoms with Crippen LogP contribution in [0.5, 0.6) is 0 Å². The van der Waals surface area contributed by atoms with Gasteiger partial charge in [-0.3, -0.25) is 10.1 Å². The molecule has 0 radical (unpaired) electrons. The van der Waals surface area contributed by atoms with Gasteiger partial charge in [0.15, 0.2) is 8.32 Å². The fourth-order valence-electron chi connectivity index (χ4n) is 2.33. The molecular weight excluding hydrogens is 351 g/mol. The lowest BCUT2D eigenvalue weighted by Gasteiger charge is -2.41. The summed E-state index contributed by atoms with van der Waals surface area (Å²) in [4.78, 5) is 10.0. The van der Waals surface area contributed by atoms with E-state index < -0.39 is 37.5 Å². The first-order valence-electron chi connectivity index (χ1n) is 8.11. The summed E-state index contributed by atoms with van der Waals surface area (Å²) in [6.45, 7) is 10.8. The molecule has 0 saturated carbocycles. The van der Waals surface area contributed by atoms with Gasteiger partial charge >= 0.3 is 12.2 Å². The van der Waals surface area contributed by atoms with Crippen molar-refractivity contribution in [3.8, 4) is 0 Å². The van der Waals surface area contributed by atoms with Crippen LogP contribution in [0.25, 0.3) is 0 Å². The quantitative estimate of drug-likeness (QED) is 0.379. The maximum absolute atomic E-state index is 13.5. The van der Waals surface area contributed by atoms with Gasteiger partial charge in [0, 0.05) is 10.8 Å². The summed E-state index contributed by atoms with van der Waals surface area (Å²) in [6.07, 6.45) is -6.57. The monoisotopic (exact) mass is 377 g/mol. The van der Waals surface area contributed by atoms with Gasteiger partial charge in [0.05, 0.1) is 0 Å². The summed E-state index contributed by atoms with van der Waals surface area (Å²) in [5.74, 6) is -0.771. The zero-order valence-electron chi connectivity index (χ0n) is 15.4. The van der Waals surface area contributed by atoms with Crippen molar-refractivity contribution >= 4 is 8.32 Å². The Hall–Kier alpha value is -1.41. The molecular formula is C17H26F3NO3Si. The highest BCUT2D eigenvalue weighted by Gasteiger charge is 2.58.